The Labute approximate surface area is 396 Å². The van der Waals surface area contributed by atoms with Crippen LogP contribution >= 0.6 is 14.3 Å². The summed E-state index contributed by atoms with van der Waals surface area (Å²) in [7, 11) is -6.21. The van der Waals surface area contributed by atoms with E-state index in [2.05, 4.69) is 114 Å². The van der Waals surface area contributed by atoms with Gasteiger partial charge in [0.15, 0.2) is 14.3 Å². The van der Waals surface area contributed by atoms with Crippen LogP contribution in [-0.2, 0) is 9.13 Å². The molecular weight excluding hydrogens is 883 g/mol. The predicted molar refractivity (Wildman–Crippen MR) is 286 cm³/mol. The van der Waals surface area contributed by atoms with E-state index in [1.165, 1.54) is 10.8 Å². The van der Waals surface area contributed by atoms with Gasteiger partial charge in [-0.3, -0.25) is 14.4 Å². The predicted octanol–water partition coefficient (Wildman–Crippen LogP) is 12.5. The largest absolute Gasteiger partial charge is 0.309 e. The van der Waals surface area contributed by atoms with Crippen molar-refractivity contribution in [1.29, 1.82) is 0 Å². The van der Waals surface area contributed by atoms with Crippen LogP contribution in [-0.4, -0.2) is 19.4 Å². The van der Waals surface area contributed by atoms with Crippen molar-refractivity contribution in [1.82, 2.24) is 19.4 Å². The van der Waals surface area contributed by atoms with E-state index in [9.17, 15) is 0 Å². The molecule has 0 aliphatic carbocycles. The SMILES string of the molecule is O=P1(c2ccc(-c3ccc4nc5c6ccc7ccccc7c6c6ccc(-c7cnc8cc(P9(=O)c%10ccccc%10-c%10ccccc%109)ccc8c7)cc6n5c4c3)nc2)c2ccccc2-c2ccccc21. The van der Waals surface area contributed by atoms with Crippen LogP contribution in [0.5, 0.6) is 0 Å². The fraction of sp³-hybridized carbons (Fsp3) is 0. The lowest BCUT2D eigenvalue weighted by atomic mass is 9.96. The average molecular weight is 919 g/mol. The van der Waals surface area contributed by atoms with Gasteiger partial charge in [0.05, 0.1) is 27.8 Å². The van der Waals surface area contributed by atoms with E-state index < -0.39 is 14.3 Å². The van der Waals surface area contributed by atoms with Crippen LogP contribution in [0.15, 0.2) is 219 Å². The normalized spacial score (nSPS) is 14.1. The molecule has 9 aromatic carbocycles. The summed E-state index contributed by atoms with van der Waals surface area (Å²) in [5.41, 5.74) is 12.4. The van der Waals surface area contributed by atoms with Crippen molar-refractivity contribution >= 4 is 106 Å². The number of benzene rings is 9. The molecule has 0 spiro atoms. The second kappa shape index (κ2) is 14.1. The Hall–Kier alpha value is -8.27. The van der Waals surface area contributed by atoms with Crippen molar-refractivity contribution in [2.75, 3.05) is 0 Å². The number of fused-ring (bicyclic) bond motifs is 17. The van der Waals surface area contributed by atoms with Gasteiger partial charge < -0.3 is 9.13 Å². The third-order valence-electron chi connectivity index (χ3n) is 14.7. The van der Waals surface area contributed by atoms with Gasteiger partial charge in [-0.15, -0.1) is 0 Å². The molecule has 69 heavy (non-hydrogen) atoms. The summed E-state index contributed by atoms with van der Waals surface area (Å²) in [5, 5.41) is 11.7. The highest BCUT2D eigenvalue weighted by Crippen LogP contribution is 2.53. The van der Waals surface area contributed by atoms with Crippen LogP contribution in [0.3, 0.4) is 0 Å². The Kier molecular flexibility index (Phi) is 7.95. The first kappa shape index (κ1) is 38.8. The molecule has 0 bridgehead atoms. The van der Waals surface area contributed by atoms with Gasteiger partial charge in [-0.05, 0) is 87.1 Å². The summed E-state index contributed by atoms with van der Waals surface area (Å²) >= 11 is 0. The van der Waals surface area contributed by atoms with E-state index in [0.29, 0.717) is 0 Å². The highest BCUT2D eigenvalue weighted by molar-refractivity contribution is 7.87. The van der Waals surface area contributed by atoms with E-state index in [1.54, 1.807) is 6.20 Å². The van der Waals surface area contributed by atoms with Crippen LogP contribution in [0.2, 0.25) is 0 Å². The maximum Gasteiger partial charge on any atom is 0.173 e. The maximum absolute atomic E-state index is 15.3. The van der Waals surface area contributed by atoms with Crippen molar-refractivity contribution in [2.45, 2.75) is 0 Å². The minimum Gasteiger partial charge on any atom is -0.309 e. The maximum atomic E-state index is 15.3. The van der Waals surface area contributed by atoms with E-state index in [-0.39, 0.29) is 0 Å². The molecule has 2 aliphatic rings. The summed E-state index contributed by atoms with van der Waals surface area (Å²) in [5.74, 6) is 0. The topological polar surface area (TPSA) is 77.2 Å². The quantitative estimate of drug-likeness (QED) is 0.130. The molecule has 322 valence electrons. The molecule has 6 heterocycles. The zero-order valence-electron chi connectivity index (χ0n) is 36.8. The molecule has 15 rings (SSSR count). The first-order valence-electron chi connectivity index (χ1n) is 23.1. The van der Waals surface area contributed by atoms with E-state index in [1.807, 2.05) is 103 Å². The smallest absolute Gasteiger partial charge is 0.173 e. The molecule has 0 N–H and O–H groups in total. The molecule has 6 nitrogen and oxygen atoms in total. The number of imidazole rings is 1. The molecule has 0 radical (unpaired) electrons. The molecule has 13 aromatic rings. The molecular formula is C61H36N4O2P2. The lowest BCUT2D eigenvalue weighted by molar-refractivity contribution is 0.592. The van der Waals surface area contributed by atoms with Crippen LogP contribution in [0, 0.1) is 0 Å². The van der Waals surface area contributed by atoms with E-state index >= 15 is 9.13 Å². The fourth-order valence-electron chi connectivity index (χ4n) is 11.4. The molecule has 4 aromatic heterocycles. The second-order valence-corrected chi connectivity index (χ2v) is 23.6. The lowest BCUT2D eigenvalue weighted by Gasteiger charge is -2.16. The van der Waals surface area contributed by atoms with Gasteiger partial charge in [-0.2, -0.15) is 0 Å². The van der Waals surface area contributed by atoms with Crippen molar-refractivity contribution in [2.24, 2.45) is 0 Å². The number of nitrogens with zero attached hydrogens (tertiary/aromatic N) is 4. The first-order valence-corrected chi connectivity index (χ1v) is 26.5. The van der Waals surface area contributed by atoms with Crippen LogP contribution in [0.25, 0.3) is 105 Å². The van der Waals surface area contributed by atoms with E-state index in [0.717, 1.165) is 126 Å². The molecule has 8 heteroatoms. The van der Waals surface area contributed by atoms with Gasteiger partial charge >= 0.3 is 0 Å². The van der Waals surface area contributed by atoms with Crippen molar-refractivity contribution < 1.29 is 9.13 Å². The molecule has 0 atom stereocenters. The van der Waals surface area contributed by atoms with Gasteiger partial charge in [-0.25, -0.2) is 4.98 Å². The van der Waals surface area contributed by atoms with Gasteiger partial charge in [-0.1, -0.05) is 158 Å². The Morgan fingerprint density at radius 2 is 0.957 bits per heavy atom. The molecule has 0 saturated heterocycles. The lowest BCUT2D eigenvalue weighted by Crippen LogP contribution is -2.21. The third-order valence-corrected chi connectivity index (χ3v) is 20.9. The fourth-order valence-corrected chi connectivity index (χ4v) is 17.5. The highest BCUT2D eigenvalue weighted by atomic mass is 31.2. The van der Waals surface area contributed by atoms with Crippen molar-refractivity contribution in [3.8, 4) is 44.6 Å². The van der Waals surface area contributed by atoms with E-state index in [4.69, 9.17) is 15.0 Å². The van der Waals surface area contributed by atoms with Crippen molar-refractivity contribution in [3.63, 3.8) is 0 Å². The van der Waals surface area contributed by atoms with Crippen molar-refractivity contribution in [3.05, 3.63) is 219 Å². The monoisotopic (exact) mass is 918 g/mol. The van der Waals surface area contributed by atoms with Crippen LogP contribution in [0.4, 0.5) is 0 Å². The minimum absolute atomic E-state index is 0.724. The molecule has 0 fully saturated rings. The van der Waals surface area contributed by atoms with Gasteiger partial charge in [0.2, 0.25) is 0 Å². The number of hydrogen-bond acceptors (Lipinski definition) is 5. The average Bonchev–Trinajstić information content (AvgIpc) is 4.03. The van der Waals surface area contributed by atoms with Gasteiger partial charge in [0.1, 0.15) is 5.65 Å². The van der Waals surface area contributed by atoms with Gasteiger partial charge in [0, 0.05) is 76.9 Å². The number of pyridine rings is 3. The Balaban J connectivity index is 0.879. The molecule has 0 amide bonds. The Bertz CT molecular complexity index is 4420. The summed E-state index contributed by atoms with van der Waals surface area (Å²) in [6.45, 7) is 0. The Morgan fingerprint density at radius 3 is 1.64 bits per heavy atom. The molecule has 0 saturated carbocycles. The zero-order chi connectivity index (χ0) is 45.6. The summed E-state index contributed by atoms with van der Waals surface area (Å²) in [4.78, 5) is 15.4. The van der Waals surface area contributed by atoms with Gasteiger partial charge in [0.25, 0.3) is 0 Å². The minimum atomic E-state index is -3.11. The zero-order valence-corrected chi connectivity index (χ0v) is 38.6. The molecule has 2 aliphatic heterocycles. The first-order chi connectivity index (χ1) is 33.9. The summed E-state index contributed by atoms with van der Waals surface area (Å²) in [6.07, 6.45) is 3.74. The van der Waals surface area contributed by atoms with Crippen LogP contribution in [0.1, 0.15) is 0 Å². The number of hydrogen-bond donors (Lipinski definition) is 0. The Morgan fingerprint density at radius 1 is 0.377 bits per heavy atom. The number of aromatic nitrogens is 4. The van der Waals surface area contributed by atoms with Crippen LogP contribution < -0.4 is 31.8 Å². The standard InChI is InChI=1S/C61H36N4O2P2/c66-68(56-17-7-3-13-45(56)46-14-4-8-18-57(46)68)42-25-21-39-31-41(35-62-53(39)34-42)38-23-27-49-54(32-38)65-55-33-40(24-29-52(55)64-61(65)50-28-22-37-11-1-2-12-44(37)60(49)50)51-30-26-43(36-63-51)69(67)58-19-9-5-15-47(58)48-16-6-10-20-59(48)69/h1-36H. The number of rotatable bonds is 4. The third kappa shape index (κ3) is 5.30. The second-order valence-electron chi connectivity index (χ2n) is 18.2. The highest BCUT2D eigenvalue weighted by Gasteiger charge is 2.41. The molecule has 0 unspecified atom stereocenters. The summed E-state index contributed by atoms with van der Waals surface area (Å²) in [6, 6.07) is 70.5. The summed E-state index contributed by atoms with van der Waals surface area (Å²) < 4.78 is 32.8.